The number of halogens is 2. The van der Waals surface area contributed by atoms with Crippen LogP contribution in [0.5, 0.6) is 0 Å². The highest BCUT2D eigenvalue weighted by Crippen LogP contribution is 2.22. The van der Waals surface area contributed by atoms with Crippen molar-refractivity contribution in [3.8, 4) is 0 Å². The minimum Gasteiger partial charge on any atom is -0.444 e. The third-order valence-electron chi connectivity index (χ3n) is 2.00. The second-order valence-corrected chi connectivity index (χ2v) is 5.67. The lowest BCUT2D eigenvalue weighted by Gasteiger charge is -2.20. The zero-order valence-corrected chi connectivity index (χ0v) is 12.1. The molecule has 6 heteroatoms. The van der Waals surface area contributed by atoms with Crippen LogP contribution in [0.2, 0.25) is 0 Å². The van der Waals surface area contributed by atoms with E-state index >= 15 is 0 Å². The molecular weight excluding hydrogens is 303 g/mol. The molecule has 0 spiro atoms. The summed E-state index contributed by atoms with van der Waals surface area (Å²) in [4.78, 5) is 11.4. The number of nitrogen functional groups attached to an aromatic ring is 1. The van der Waals surface area contributed by atoms with Crippen molar-refractivity contribution in [1.29, 1.82) is 0 Å². The predicted octanol–water partition coefficient (Wildman–Crippen LogP) is 3.20. The number of benzene rings is 1. The Labute approximate surface area is 114 Å². The first-order valence-corrected chi connectivity index (χ1v) is 6.18. The number of rotatable bonds is 2. The summed E-state index contributed by atoms with van der Waals surface area (Å²) in [6, 6.07) is 2.73. The summed E-state index contributed by atoms with van der Waals surface area (Å²) >= 11 is 3.06. The molecule has 1 aromatic carbocycles. The maximum absolute atomic E-state index is 13.1. The minimum absolute atomic E-state index is 0.180. The van der Waals surface area contributed by atoms with Crippen molar-refractivity contribution in [3.05, 3.63) is 28.0 Å². The van der Waals surface area contributed by atoms with Crippen molar-refractivity contribution in [1.82, 2.24) is 5.32 Å². The van der Waals surface area contributed by atoms with Gasteiger partial charge in [-0.05, 0) is 54.4 Å². The second kappa shape index (κ2) is 5.56. The summed E-state index contributed by atoms with van der Waals surface area (Å²) in [7, 11) is 0. The largest absolute Gasteiger partial charge is 0.444 e. The molecule has 3 N–H and O–H groups in total. The summed E-state index contributed by atoms with van der Waals surface area (Å²) < 4.78 is 18.5. The Morgan fingerprint density at radius 2 is 2.11 bits per heavy atom. The fourth-order valence-electron chi connectivity index (χ4n) is 1.24. The molecule has 18 heavy (non-hydrogen) atoms. The molecule has 0 radical (unpaired) electrons. The first kappa shape index (κ1) is 14.8. The van der Waals surface area contributed by atoms with Crippen molar-refractivity contribution < 1.29 is 13.9 Å². The van der Waals surface area contributed by atoms with Gasteiger partial charge in [-0.2, -0.15) is 0 Å². The summed E-state index contributed by atoms with van der Waals surface area (Å²) in [6.07, 6.45) is -0.539. The van der Waals surface area contributed by atoms with E-state index in [9.17, 15) is 9.18 Å². The number of nitrogens with one attached hydrogen (secondary N) is 1. The van der Waals surface area contributed by atoms with Gasteiger partial charge in [-0.25, -0.2) is 9.18 Å². The van der Waals surface area contributed by atoms with Crippen LogP contribution in [0.25, 0.3) is 0 Å². The third-order valence-corrected chi connectivity index (χ3v) is 2.61. The number of carbonyl (C=O) groups is 1. The summed E-state index contributed by atoms with van der Waals surface area (Å²) in [5, 5.41) is 2.56. The molecule has 0 fully saturated rings. The van der Waals surface area contributed by atoms with Gasteiger partial charge in [0.25, 0.3) is 0 Å². The maximum atomic E-state index is 13.1. The highest BCUT2D eigenvalue weighted by molar-refractivity contribution is 9.10. The van der Waals surface area contributed by atoms with Crippen molar-refractivity contribution in [2.24, 2.45) is 0 Å². The number of ether oxygens (including phenoxy) is 1. The number of anilines is 1. The molecule has 0 aliphatic heterocycles. The van der Waals surface area contributed by atoms with E-state index in [1.807, 2.05) is 0 Å². The Morgan fingerprint density at radius 1 is 1.50 bits per heavy atom. The van der Waals surface area contributed by atoms with Gasteiger partial charge in [-0.1, -0.05) is 0 Å². The average molecular weight is 319 g/mol. The second-order valence-electron chi connectivity index (χ2n) is 4.82. The van der Waals surface area contributed by atoms with Gasteiger partial charge in [0.1, 0.15) is 11.4 Å². The van der Waals surface area contributed by atoms with E-state index in [-0.39, 0.29) is 12.2 Å². The van der Waals surface area contributed by atoms with Crippen molar-refractivity contribution in [2.45, 2.75) is 32.9 Å². The molecule has 0 atom stereocenters. The zero-order chi connectivity index (χ0) is 13.9. The number of nitrogens with two attached hydrogens (primary N) is 1. The molecule has 0 aromatic heterocycles. The number of amides is 1. The van der Waals surface area contributed by atoms with Gasteiger partial charge in [0.15, 0.2) is 0 Å². The van der Waals surface area contributed by atoms with E-state index in [4.69, 9.17) is 10.5 Å². The van der Waals surface area contributed by atoms with Crippen LogP contribution in [0, 0.1) is 5.82 Å². The van der Waals surface area contributed by atoms with Crippen LogP contribution < -0.4 is 11.1 Å². The Kier molecular flexibility index (Phi) is 4.56. The van der Waals surface area contributed by atoms with Gasteiger partial charge < -0.3 is 15.8 Å². The third kappa shape index (κ3) is 4.52. The average Bonchev–Trinajstić information content (AvgIpc) is 2.19. The maximum Gasteiger partial charge on any atom is 0.407 e. The normalized spacial score (nSPS) is 11.2. The van der Waals surface area contributed by atoms with Crippen LogP contribution >= 0.6 is 15.9 Å². The minimum atomic E-state index is -0.557. The summed E-state index contributed by atoms with van der Waals surface area (Å²) in [5.41, 5.74) is 6.00. The quantitative estimate of drug-likeness (QED) is 0.823. The van der Waals surface area contributed by atoms with Crippen LogP contribution in [0.3, 0.4) is 0 Å². The molecule has 0 aliphatic carbocycles. The monoisotopic (exact) mass is 318 g/mol. The number of alkyl carbamates (subject to hydrolysis) is 1. The number of carbonyl (C=O) groups excluding carboxylic acids is 1. The molecule has 0 unspecified atom stereocenters. The lowest BCUT2D eigenvalue weighted by molar-refractivity contribution is 0.0523. The lowest BCUT2D eigenvalue weighted by atomic mass is 10.2. The molecule has 1 aromatic rings. The van der Waals surface area contributed by atoms with Crippen molar-refractivity contribution >= 4 is 27.7 Å². The molecule has 4 nitrogen and oxygen atoms in total. The first-order chi connectivity index (χ1) is 8.19. The fraction of sp³-hybridized carbons (Fsp3) is 0.417. The smallest absolute Gasteiger partial charge is 0.407 e. The summed E-state index contributed by atoms with van der Waals surface area (Å²) in [5.74, 6) is -0.437. The Bertz CT molecular complexity index is 458. The van der Waals surface area contributed by atoms with Gasteiger partial charge in [0.05, 0.1) is 4.47 Å². The Hall–Kier alpha value is -1.30. The highest BCUT2D eigenvalue weighted by atomic mass is 79.9. The van der Waals surface area contributed by atoms with Gasteiger partial charge in [-0.3, -0.25) is 0 Å². The van der Waals surface area contributed by atoms with Crippen molar-refractivity contribution in [3.63, 3.8) is 0 Å². The van der Waals surface area contributed by atoms with E-state index in [0.29, 0.717) is 10.0 Å². The molecular formula is C12H16BrFN2O2. The standard InChI is InChI=1S/C12H16BrFN2O2/c1-12(2,3)18-11(17)16-6-7-4-8(13)9(14)5-10(7)15/h4-5H,6,15H2,1-3H3,(H,16,17). The van der Waals surface area contributed by atoms with E-state index in [0.717, 1.165) is 0 Å². The molecule has 1 rings (SSSR count). The zero-order valence-electron chi connectivity index (χ0n) is 10.5. The number of hydrogen-bond donors (Lipinski definition) is 2. The van der Waals surface area contributed by atoms with Crippen LogP contribution in [-0.4, -0.2) is 11.7 Å². The van der Waals surface area contributed by atoms with Gasteiger partial charge >= 0.3 is 6.09 Å². The number of hydrogen-bond acceptors (Lipinski definition) is 3. The Balaban J connectivity index is 2.64. The molecule has 100 valence electrons. The molecule has 0 saturated heterocycles. The van der Waals surface area contributed by atoms with Crippen molar-refractivity contribution in [2.75, 3.05) is 5.73 Å². The van der Waals surface area contributed by atoms with Crippen LogP contribution in [0.4, 0.5) is 14.9 Å². The topological polar surface area (TPSA) is 64.3 Å². The molecule has 0 aliphatic rings. The van der Waals surface area contributed by atoms with E-state index in [2.05, 4.69) is 21.2 Å². The first-order valence-electron chi connectivity index (χ1n) is 5.39. The highest BCUT2D eigenvalue weighted by Gasteiger charge is 2.16. The Morgan fingerprint density at radius 3 is 2.67 bits per heavy atom. The van der Waals surface area contributed by atoms with Gasteiger partial charge in [0.2, 0.25) is 0 Å². The van der Waals surface area contributed by atoms with Gasteiger partial charge in [0, 0.05) is 12.2 Å². The van der Waals surface area contributed by atoms with E-state index in [1.165, 1.54) is 12.1 Å². The molecule has 0 bridgehead atoms. The van der Waals surface area contributed by atoms with Crippen LogP contribution in [0.15, 0.2) is 16.6 Å². The van der Waals surface area contributed by atoms with E-state index in [1.54, 1.807) is 20.8 Å². The molecule has 0 heterocycles. The fourth-order valence-corrected chi connectivity index (χ4v) is 1.63. The van der Waals surface area contributed by atoms with Crippen LogP contribution in [-0.2, 0) is 11.3 Å². The summed E-state index contributed by atoms with van der Waals surface area (Å²) in [6.45, 7) is 5.50. The SMILES string of the molecule is CC(C)(C)OC(=O)NCc1cc(Br)c(F)cc1N. The molecule has 1 amide bonds. The lowest BCUT2D eigenvalue weighted by Crippen LogP contribution is -2.32. The predicted molar refractivity (Wildman–Crippen MR) is 71.6 cm³/mol. The van der Waals surface area contributed by atoms with E-state index < -0.39 is 17.5 Å². The van der Waals surface area contributed by atoms with Gasteiger partial charge in [-0.15, -0.1) is 0 Å². The van der Waals surface area contributed by atoms with Crippen LogP contribution in [0.1, 0.15) is 26.3 Å². The molecule has 0 saturated carbocycles.